The van der Waals surface area contributed by atoms with Crippen molar-refractivity contribution in [2.45, 2.75) is 0 Å². The fourth-order valence-electron chi connectivity index (χ4n) is 3.03. The summed E-state index contributed by atoms with van der Waals surface area (Å²) in [6, 6.07) is 14.3. The molecule has 0 fully saturated rings. The molecule has 1 heterocycles. The van der Waals surface area contributed by atoms with Crippen molar-refractivity contribution in [2.24, 2.45) is 0 Å². The number of benzene rings is 3. The van der Waals surface area contributed by atoms with Gasteiger partial charge in [0.05, 0.1) is 16.8 Å². The van der Waals surface area contributed by atoms with Crippen LogP contribution in [0.2, 0.25) is 5.02 Å². The van der Waals surface area contributed by atoms with Gasteiger partial charge in [0.1, 0.15) is 5.69 Å². The molecule has 0 aliphatic heterocycles. The average Bonchev–Trinajstić information content (AvgIpc) is 2.79. The Hall–Kier alpha value is -3.52. The van der Waals surface area contributed by atoms with Crippen molar-refractivity contribution < 1.29 is 26.7 Å². The maximum absolute atomic E-state index is 14.0. The molecule has 0 spiro atoms. The second kappa shape index (κ2) is 7.96. The van der Waals surface area contributed by atoms with Crippen LogP contribution >= 0.6 is 11.6 Å². The Bertz CT molecular complexity index is 1310. The molecule has 3 nitrogen and oxygen atoms in total. The van der Waals surface area contributed by atoms with Crippen LogP contribution in [0.1, 0.15) is 10.4 Å². The van der Waals surface area contributed by atoms with Crippen LogP contribution in [0, 0.1) is 29.1 Å². The monoisotopic (exact) mass is 448 g/mol. The van der Waals surface area contributed by atoms with Gasteiger partial charge in [-0.2, -0.15) is 0 Å². The van der Waals surface area contributed by atoms with E-state index < -0.39 is 40.7 Å². The minimum atomic E-state index is -2.31. The van der Waals surface area contributed by atoms with Crippen LogP contribution in [0.5, 0.6) is 0 Å². The number of rotatable bonds is 3. The first-order valence-corrected chi connectivity index (χ1v) is 9.14. The molecule has 1 amide bonds. The number of nitrogens with zero attached hydrogens (tertiary/aromatic N) is 1. The molecule has 4 aromatic rings. The highest BCUT2D eigenvalue weighted by atomic mass is 35.5. The summed E-state index contributed by atoms with van der Waals surface area (Å²) in [5.74, 6) is -12.0. The van der Waals surface area contributed by atoms with Gasteiger partial charge in [-0.3, -0.25) is 4.79 Å². The zero-order valence-electron chi connectivity index (χ0n) is 15.3. The molecule has 156 valence electrons. The van der Waals surface area contributed by atoms with E-state index in [4.69, 9.17) is 11.6 Å². The standard InChI is InChI=1S/C22H10ClF5N2O/c23-11-7-5-10(6-8-11)15-9-13(12-3-1-2-4-14(12)29-15)22(31)30-21-19(27)17(25)16(24)18(26)20(21)28/h1-9H,(H,30,31). The molecular formula is C22H10ClF5N2O. The van der Waals surface area contributed by atoms with E-state index >= 15 is 0 Å². The summed E-state index contributed by atoms with van der Waals surface area (Å²) in [6.45, 7) is 0. The van der Waals surface area contributed by atoms with Crippen LogP contribution in [0.3, 0.4) is 0 Å². The third kappa shape index (κ3) is 3.70. The fraction of sp³-hybridized carbons (Fsp3) is 0. The normalized spacial score (nSPS) is 11.0. The van der Waals surface area contributed by atoms with Gasteiger partial charge >= 0.3 is 0 Å². The van der Waals surface area contributed by atoms with E-state index in [-0.39, 0.29) is 5.56 Å². The lowest BCUT2D eigenvalue weighted by atomic mass is 10.0. The maximum Gasteiger partial charge on any atom is 0.256 e. The number of nitrogens with one attached hydrogen (secondary N) is 1. The Morgan fingerprint density at radius 3 is 2.03 bits per heavy atom. The highest BCUT2D eigenvalue weighted by Crippen LogP contribution is 2.30. The third-order valence-electron chi connectivity index (χ3n) is 4.55. The summed E-state index contributed by atoms with van der Waals surface area (Å²) in [4.78, 5) is 17.3. The fourth-order valence-corrected chi connectivity index (χ4v) is 3.15. The summed E-state index contributed by atoms with van der Waals surface area (Å²) in [5.41, 5.74) is -0.175. The number of aromatic nitrogens is 1. The minimum absolute atomic E-state index is 0.0699. The number of hydrogen-bond acceptors (Lipinski definition) is 2. The second-order valence-electron chi connectivity index (χ2n) is 6.48. The summed E-state index contributed by atoms with van der Waals surface area (Å²) in [5, 5.41) is 2.60. The first-order valence-electron chi connectivity index (χ1n) is 8.76. The number of carbonyl (C=O) groups is 1. The predicted molar refractivity (Wildman–Crippen MR) is 106 cm³/mol. The molecule has 0 saturated heterocycles. The number of carbonyl (C=O) groups excluding carboxylic acids is 1. The van der Waals surface area contributed by atoms with Crippen LogP contribution in [-0.4, -0.2) is 10.9 Å². The molecule has 0 atom stereocenters. The van der Waals surface area contributed by atoms with Crippen LogP contribution in [0.4, 0.5) is 27.6 Å². The van der Waals surface area contributed by atoms with E-state index in [9.17, 15) is 26.7 Å². The Morgan fingerprint density at radius 1 is 0.806 bits per heavy atom. The largest absolute Gasteiger partial charge is 0.317 e. The van der Waals surface area contributed by atoms with Crippen molar-refractivity contribution in [3.63, 3.8) is 0 Å². The van der Waals surface area contributed by atoms with Gasteiger partial charge in [0.15, 0.2) is 23.3 Å². The van der Waals surface area contributed by atoms with Crippen LogP contribution in [0.25, 0.3) is 22.2 Å². The lowest BCUT2D eigenvalue weighted by Gasteiger charge is -2.12. The molecule has 31 heavy (non-hydrogen) atoms. The highest BCUT2D eigenvalue weighted by Gasteiger charge is 2.27. The van der Waals surface area contributed by atoms with Crippen LogP contribution in [-0.2, 0) is 0 Å². The van der Waals surface area contributed by atoms with Gasteiger partial charge in [0.2, 0.25) is 5.82 Å². The van der Waals surface area contributed by atoms with E-state index in [1.807, 2.05) is 0 Å². The van der Waals surface area contributed by atoms with E-state index in [1.165, 1.54) is 6.07 Å². The van der Waals surface area contributed by atoms with E-state index in [1.54, 1.807) is 53.8 Å². The maximum atomic E-state index is 14.0. The Balaban J connectivity index is 1.84. The smallest absolute Gasteiger partial charge is 0.256 e. The molecule has 0 saturated carbocycles. The van der Waals surface area contributed by atoms with Crippen LogP contribution < -0.4 is 5.32 Å². The number of fused-ring (bicyclic) bond motifs is 1. The Labute approximate surface area is 177 Å². The van der Waals surface area contributed by atoms with Crippen molar-refractivity contribution in [3.05, 3.63) is 94.3 Å². The lowest BCUT2D eigenvalue weighted by Crippen LogP contribution is -2.17. The van der Waals surface area contributed by atoms with E-state index in [0.717, 1.165) is 0 Å². The SMILES string of the molecule is O=C(Nc1c(F)c(F)c(F)c(F)c1F)c1cc(-c2ccc(Cl)cc2)nc2ccccc12. The number of para-hydroxylation sites is 1. The zero-order chi connectivity index (χ0) is 22.3. The van der Waals surface area contributed by atoms with Crippen molar-refractivity contribution in [3.8, 4) is 11.3 Å². The second-order valence-corrected chi connectivity index (χ2v) is 6.91. The molecule has 0 aliphatic rings. The summed E-state index contributed by atoms with van der Waals surface area (Å²) >= 11 is 5.89. The minimum Gasteiger partial charge on any atom is -0.317 e. The lowest BCUT2D eigenvalue weighted by molar-refractivity contribution is 0.102. The first-order chi connectivity index (χ1) is 14.8. The van der Waals surface area contributed by atoms with Gasteiger partial charge in [0, 0.05) is 16.0 Å². The Morgan fingerprint density at radius 2 is 1.39 bits per heavy atom. The van der Waals surface area contributed by atoms with Crippen LogP contribution in [0.15, 0.2) is 54.6 Å². The van der Waals surface area contributed by atoms with Gasteiger partial charge in [0.25, 0.3) is 5.91 Å². The molecule has 4 rings (SSSR count). The topological polar surface area (TPSA) is 42.0 Å². The number of halogens is 6. The zero-order valence-corrected chi connectivity index (χ0v) is 16.1. The summed E-state index contributed by atoms with van der Waals surface area (Å²) in [6.07, 6.45) is 0. The van der Waals surface area contributed by atoms with Gasteiger partial charge in [-0.1, -0.05) is 41.9 Å². The van der Waals surface area contributed by atoms with Gasteiger partial charge in [-0.05, 0) is 24.3 Å². The third-order valence-corrected chi connectivity index (χ3v) is 4.80. The van der Waals surface area contributed by atoms with Gasteiger partial charge in [-0.25, -0.2) is 26.9 Å². The molecule has 1 N–H and O–H groups in total. The first kappa shape index (κ1) is 20.7. The van der Waals surface area contributed by atoms with Crippen molar-refractivity contribution in [1.29, 1.82) is 0 Å². The molecule has 0 radical (unpaired) electrons. The molecule has 3 aromatic carbocycles. The van der Waals surface area contributed by atoms with Crippen molar-refractivity contribution in [2.75, 3.05) is 5.32 Å². The molecule has 0 unspecified atom stereocenters. The molecule has 0 aliphatic carbocycles. The molecule has 1 aromatic heterocycles. The molecule has 0 bridgehead atoms. The molecule has 9 heteroatoms. The number of hydrogen-bond donors (Lipinski definition) is 1. The van der Waals surface area contributed by atoms with Crippen molar-refractivity contribution in [1.82, 2.24) is 4.98 Å². The number of amides is 1. The van der Waals surface area contributed by atoms with Crippen molar-refractivity contribution >= 4 is 34.1 Å². The highest BCUT2D eigenvalue weighted by molar-refractivity contribution is 6.30. The van der Waals surface area contributed by atoms with Gasteiger partial charge < -0.3 is 5.32 Å². The summed E-state index contributed by atoms with van der Waals surface area (Å²) in [7, 11) is 0. The average molecular weight is 449 g/mol. The van der Waals surface area contributed by atoms with E-state index in [0.29, 0.717) is 27.2 Å². The quantitative estimate of drug-likeness (QED) is 0.221. The van der Waals surface area contributed by atoms with E-state index in [2.05, 4.69) is 4.98 Å². The summed E-state index contributed by atoms with van der Waals surface area (Å²) < 4.78 is 68.3. The number of anilines is 1. The van der Waals surface area contributed by atoms with Gasteiger partial charge in [-0.15, -0.1) is 0 Å². The number of pyridine rings is 1. The predicted octanol–water partition coefficient (Wildman–Crippen LogP) is 6.50. The molecular weight excluding hydrogens is 439 g/mol. The Kier molecular flexibility index (Phi) is 5.32.